The summed E-state index contributed by atoms with van der Waals surface area (Å²) in [7, 11) is 0. The van der Waals surface area contributed by atoms with Gasteiger partial charge in [0.15, 0.2) is 0 Å². The van der Waals surface area contributed by atoms with E-state index in [2.05, 4.69) is 58.9 Å². The van der Waals surface area contributed by atoms with E-state index in [1.54, 1.807) is 6.08 Å². The Balaban J connectivity index is 2.19. The second-order valence-electron chi connectivity index (χ2n) is 4.37. The maximum absolute atomic E-state index is 5.83. The SMILES string of the molecule is C=CCO[C@@H](/C=C/c1ccccc1)c1cccc(Br)c1. The van der Waals surface area contributed by atoms with Gasteiger partial charge in [0.05, 0.1) is 6.61 Å². The molecule has 0 N–H and O–H groups in total. The van der Waals surface area contributed by atoms with Gasteiger partial charge in [-0.3, -0.25) is 0 Å². The number of rotatable bonds is 6. The Morgan fingerprint density at radius 3 is 2.60 bits per heavy atom. The molecule has 0 aliphatic carbocycles. The van der Waals surface area contributed by atoms with Crippen LogP contribution in [0.4, 0.5) is 0 Å². The monoisotopic (exact) mass is 328 g/mol. The summed E-state index contributed by atoms with van der Waals surface area (Å²) < 4.78 is 6.88. The minimum Gasteiger partial charge on any atom is -0.365 e. The van der Waals surface area contributed by atoms with Crippen LogP contribution in [0.5, 0.6) is 0 Å². The van der Waals surface area contributed by atoms with Crippen LogP contribution in [-0.4, -0.2) is 6.61 Å². The van der Waals surface area contributed by atoms with Gasteiger partial charge in [-0.15, -0.1) is 6.58 Å². The molecular weight excluding hydrogens is 312 g/mol. The van der Waals surface area contributed by atoms with Crippen molar-refractivity contribution in [1.82, 2.24) is 0 Å². The lowest BCUT2D eigenvalue weighted by Gasteiger charge is -2.14. The Bertz CT molecular complexity index is 575. The number of halogens is 1. The van der Waals surface area contributed by atoms with Crippen molar-refractivity contribution in [3.05, 3.63) is 88.9 Å². The zero-order chi connectivity index (χ0) is 14.2. The van der Waals surface area contributed by atoms with Crippen molar-refractivity contribution in [2.75, 3.05) is 6.61 Å². The lowest BCUT2D eigenvalue weighted by Crippen LogP contribution is -2.01. The van der Waals surface area contributed by atoms with Crippen LogP contribution < -0.4 is 0 Å². The van der Waals surface area contributed by atoms with E-state index in [0.717, 1.165) is 15.6 Å². The largest absolute Gasteiger partial charge is 0.365 e. The molecular formula is C18H17BrO. The quantitative estimate of drug-likeness (QED) is 0.644. The van der Waals surface area contributed by atoms with Crippen molar-refractivity contribution in [2.45, 2.75) is 6.10 Å². The van der Waals surface area contributed by atoms with Crippen LogP contribution in [0.25, 0.3) is 6.08 Å². The van der Waals surface area contributed by atoms with Crippen molar-refractivity contribution in [3.8, 4) is 0 Å². The molecule has 2 rings (SSSR count). The third-order valence-corrected chi connectivity index (χ3v) is 3.33. The molecule has 0 aliphatic rings. The molecule has 0 bridgehead atoms. The second kappa shape index (κ2) is 7.83. The average molecular weight is 329 g/mol. The normalized spacial score (nSPS) is 12.4. The molecule has 1 atom stereocenters. The van der Waals surface area contributed by atoms with Crippen molar-refractivity contribution < 1.29 is 4.74 Å². The summed E-state index contributed by atoms with van der Waals surface area (Å²) in [6.45, 7) is 4.23. The molecule has 0 heterocycles. The molecule has 0 radical (unpaired) electrons. The van der Waals surface area contributed by atoms with Crippen LogP contribution in [0.1, 0.15) is 17.2 Å². The lowest BCUT2D eigenvalue weighted by molar-refractivity contribution is 0.111. The van der Waals surface area contributed by atoms with Gasteiger partial charge >= 0.3 is 0 Å². The molecule has 1 nitrogen and oxygen atoms in total. The maximum atomic E-state index is 5.83. The fraction of sp³-hybridized carbons (Fsp3) is 0.111. The van der Waals surface area contributed by atoms with Crippen molar-refractivity contribution in [2.24, 2.45) is 0 Å². The van der Waals surface area contributed by atoms with Crippen LogP contribution in [0.3, 0.4) is 0 Å². The van der Waals surface area contributed by atoms with Gasteiger partial charge in [0.25, 0.3) is 0 Å². The van der Waals surface area contributed by atoms with E-state index in [1.807, 2.05) is 30.3 Å². The molecule has 0 saturated heterocycles. The van der Waals surface area contributed by atoms with Gasteiger partial charge < -0.3 is 4.74 Å². The van der Waals surface area contributed by atoms with E-state index in [9.17, 15) is 0 Å². The molecule has 0 unspecified atom stereocenters. The summed E-state index contributed by atoms with van der Waals surface area (Å²) in [5, 5.41) is 0. The molecule has 0 amide bonds. The minimum absolute atomic E-state index is 0.0780. The minimum atomic E-state index is -0.0780. The highest BCUT2D eigenvalue weighted by Crippen LogP contribution is 2.23. The summed E-state index contributed by atoms with van der Waals surface area (Å²) in [4.78, 5) is 0. The molecule has 2 aromatic rings. The second-order valence-corrected chi connectivity index (χ2v) is 5.28. The fourth-order valence-corrected chi connectivity index (χ4v) is 2.30. The molecule has 2 heteroatoms. The molecule has 102 valence electrons. The van der Waals surface area contributed by atoms with E-state index in [1.165, 1.54) is 0 Å². The van der Waals surface area contributed by atoms with Gasteiger partial charge in [-0.05, 0) is 23.3 Å². The average Bonchev–Trinajstić information content (AvgIpc) is 2.48. The first-order chi connectivity index (χ1) is 9.79. The van der Waals surface area contributed by atoms with Crippen molar-refractivity contribution in [3.63, 3.8) is 0 Å². The zero-order valence-electron chi connectivity index (χ0n) is 11.2. The van der Waals surface area contributed by atoms with Gasteiger partial charge in [-0.2, -0.15) is 0 Å². The smallest absolute Gasteiger partial charge is 0.101 e. The van der Waals surface area contributed by atoms with E-state index in [4.69, 9.17) is 4.74 Å². The Morgan fingerprint density at radius 2 is 1.90 bits per heavy atom. The summed E-state index contributed by atoms with van der Waals surface area (Å²) in [5.41, 5.74) is 2.28. The Morgan fingerprint density at radius 1 is 1.10 bits per heavy atom. The first-order valence-electron chi connectivity index (χ1n) is 6.51. The lowest BCUT2D eigenvalue weighted by atomic mass is 10.1. The van der Waals surface area contributed by atoms with Gasteiger partial charge in [-0.1, -0.05) is 76.6 Å². The highest BCUT2D eigenvalue weighted by molar-refractivity contribution is 9.10. The Labute approximate surface area is 128 Å². The number of benzene rings is 2. The Kier molecular flexibility index (Phi) is 5.78. The van der Waals surface area contributed by atoms with E-state index < -0.39 is 0 Å². The molecule has 0 fully saturated rings. The zero-order valence-corrected chi connectivity index (χ0v) is 12.8. The predicted octanol–water partition coefficient (Wildman–Crippen LogP) is 5.41. The topological polar surface area (TPSA) is 9.23 Å². The third kappa shape index (κ3) is 4.48. The third-order valence-electron chi connectivity index (χ3n) is 2.83. The highest BCUT2D eigenvalue weighted by Gasteiger charge is 2.08. The Hall–Kier alpha value is -1.64. The molecule has 2 aromatic carbocycles. The molecule has 20 heavy (non-hydrogen) atoms. The van der Waals surface area contributed by atoms with Gasteiger partial charge in [0, 0.05) is 4.47 Å². The number of hydrogen-bond donors (Lipinski definition) is 0. The van der Waals surface area contributed by atoms with Crippen LogP contribution in [0, 0.1) is 0 Å². The van der Waals surface area contributed by atoms with Crippen LogP contribution in [0.15, 0.2) is 77.8 Å². The summed E-state index contributed by atoms with van der Waals surface area (Å²) in [5.74, 6) is 0. The number of hydrogen-bond acceptors (Lipinski definition) is 1. The molecule has 0 aliphatic heterocycles. The first kappa shape index (κ1) is 14.8. The van der Waals surface area contributed by atoms with Gasteiger partial charge in [0.2, 0.25) is 0 Å². The standard InChI is InChI=1S/C18H17BrO/c1-2-13-20-18(16-9-6-10-17(19)14-16)12-11-15-7-4-3-5-8-15/h2-12,14,18H,1,13H2/b12-11+/t18-/m0/s1. The first-order valence-corrected chi connectivity index (χ1v) is 7.30. The molecule has 0 saturated carbocycles. The van der Waals surface area contributed by atoms with Gasteiger partial charge in [0.1, 0.15) is 6.10 Å². The number of ether oxygens (including phenoxy) is 1. The van der Waals surface area contributed by atoms with E-state index in [0.29, 0.717) is 6.61 Å². The highest BCUT2D eigenvalue weighted by atomic mass is 79.9. The molecule has 0 aromatic heterocycles. The van der Waals surface area contributed by atoms with Crippen molar-refractivity contribution >= 4 is 22.0 Å². The summed E-state index contributed by atoms with van der Waals surface area (Å²) in [6, 6.07) is 18.4. The van der Waals surface area contributed by atoms with E-state index >= 15 is 0 Å². The van der Waals surface area contributed by atoms with Crippen LogP contribution >= 0.6 is 15.9 Å². The van der Waals surface area contributed by atoms with Crippen LogP contribution in [-0.2, 0) is 4.74 Å². The van der Waals surface area contributed by atoms with E-state index in [-0.39, 0.29) is 6.10 Å². The molecule has 0 spiro atoms. The summed E-state index contributed by atoms with van der Waals surface area (Å²) >= 11 is 3.49. The summed E-state index contributed by atoms with van der Waals surface area (Å²) in [6.07, 6.45) is 5.84. The fourth-order valence-electron chi connectivity index (χ4n) is 1.88. The maximum Gasteiger partial charge on any atom is 0.101 e. The van der Waals surface area contributed by atoms with Gasteiger partial charge in [-0.25, -0.2) is 0 Å². The van der Waals surface area contributed by atoms with Crippen LogP contribution in [0.2, 0.25) is 0 Å². The van der Waals surface area contributed by atoms with Crippen molar-refractivity contribution in [1.29, 1.82) is 0 Å². The predicted molar refractivity (Wildman–Crippen MR) is 88.5 cm³/mol.